The zero-order chi connectivity index (χ0) is 28.6. The third kappa shape index (κ3) is 6.64. The van der Waals surface area contributed by atoms with Crippen LogP contribution in [0.5, 0.6) is 0 Å². The molecule has 202 valence electrons. The van der Waals surface area contributed by atoms with Crippen LogP contribution in [0.1, 0.15) is 58.8 Å². The number of ketones is 1. The predicted octanol–water partition coefficient (Wildman–Crippen LogP) is 8.09. The van der Waals surface area contributed by atoms with Gasteiger partial charge in [-0.25, -0.2) is 18.6 Å². The lowest BCUT2D eigenvalue weighted by atomic mass is 9.93. The molecule has 0 heterocycles. The summed E-state index contributed by atoms with van der Waals surface area (Å²) in [5.74, 6) is -2.03. The van der Waals surface area contributed by atoms with Gasteiger partial charge in [0.15, 0.2) is 5.78 Å². The van der Waals surface area contributed by atoms with E-state index in [-0.39, 0.29) is 23.5 Å². The summed E-state index contributed by atoms with van der Waals surface area (Å²) in [6, 6.07) is 26.6. The van der Waals surface area contributed by atoms with Crippen molar-refractivity contribution in [3.63, 3.8) is 0 Å². The first kappa shape index (κ1) is 28.3. The third-order valence-corrected chi connectivity index (χ3v) is 6.47. The smallest absolute Gasteiger partial charge is 0.352 e. The standard InChI is InChI=1S/C34H29F2NO3/c1-22(2)23-13-15-24(16-14-23)27(28-18-17-26(35)21-30(28)36)19-20-32(34(39)40-3)37-31-12-8-7-11-29(31)33(38)25-9-5-4-6-10-25/h4-19,21-22H,20H2,1-3H3. The largest absolute Gasteiger partial charge is 0.465 e. The lowest BCUT2D eigenvalue weighted by Crippen LogP contribution is -2.15. The molecule has 0 fully saturated rings. The van der Waals surface area contributed by atoms with E-state index in [1.165, 1.54) is 19.2 Å². The van der Waals surface area contributed by atoms with E-state index in [9.17, 15) is 18.4 Å². The van der Waals surface area contributed by atoms with Gasteiger partial charge in [0.25, 0.3) is 0 Å². The summed E-state index contributed by atoms with van der Waals surface area (Å²) in [4.78, 5) is 30.5. The van der Waals surface area contributed by atoms with Crippen molar-refractivity contribution in [2.45, 2.75) is 26.2 Å². The molecule has 4 aromatic rings. The van der Waals surface area contributed by atoms with Gasteiger partial charge in [0.2, 0.25) is 0 Å². The van der Waals surface area contributed by atoms with Crippen LogP contribution in [0.4, 0.5) is 14.5 Å². The molecule has 0 radical (unpaired) electrons. The van der Waals surface area contributed by atoms with Crippen molar-refractivity contribution in [2.24, 2.45) is 4.99 Å². The zero-order valence-corrected chi connectivity index (χ0v) is 22.5. The van der Waals surface area contributed by atoms with Crippen molar-refractivity contribution < 1.29 is 23.1 Å². The number of ether oxygens (including phenoxy) is 1. The molecular formula is C34H29F2NO3. The Kier molecular flexibility index (Phi) is 9.12. The molecule has 0 unspecified atom stereocenters. The molecule has 0 spiro atoms. The number of esters is 1. The van der Waals surface area contributed by atoms with Gasteiger partial charge in [-0.2, -0.15) is 0 Å². The summed E-state index contributed by atoms with van der Waals surface area (Å²) in [7, 11) is 1.24. The minimum absolute atomic E-state index is 0.0228. The Labute approximate surface area is 232 Å². The summed E-state index contributed by atoms with van der Waals surface area (Å²) in [6.45, 7) is 4.15. The van der Waals surface area contributed by atoms with Crippen LogP contribution in [-0.2, 0) is 9.53 Å². The van der Waals surface area contributed by atoms with E-state index in [2.05, 4.69) is 18.8 Å². The van der Waals surface area contributed by atoms with Crippen molar-refractivity contribution in [1.82, 2.24) is 0 Å². The highest BCUT2D eigenvalue weighted by Gasteiger charge is 2.18. The summed E-state index contributed by atoms with van der Waals surface area (Å²) in [6.07, 6.45) is 1.64. The normalized spacial score (nSPS) is 11.9. The monoisotopic (exact) mass is 537 g/mol. The summed E-state index contributed by atoms with van der Waals surface area (Å²) >= 11 is 0. The fourth-order valence-corrected chi connectivity index (χ4v) is 4.28. The molecule has 0 saturated heterocycles. The second-order valence-corrected chi connectivity index (χ2v) is 9.49. The van der Waals surface area contributed by atoms with Gasteiger partial charge in [-0.1, -0.05) is 86.7 Å². The first-order chi connectivity index (χ1) is 19.3. The van der Waals surface area contributed by atoms with E-state index in [4.69, 9.17) is 4.74 Å². The second-order valence-electron chi connectivity index (χ2n) is 9.49. The highest BCUT2D eigenvalue weighted by molar-refractivity contribution is 6.37. The van der Waals surface area contributed by atoms with E-state index in [1.54, 1.807) is 54.6 Å². The quantitative estimate of drug-likeness (QED) is 0.123. The van der Waals surface area contributed by atoms with Gasteiger partial charge < -0.3 is 4.74 Å². The van der Waals surface area contributed by atoms with Crippen LogP contribution in [-0.4, -0.2) is 24.6 Å². The van der Waals surface area contributed by atoms with Crippen LogP contribution in [0.25, 0.3) is 5.57 Å². The lowest BCUT2D eigenvalue weighted by Gasteiger charge is -2.13. The molecule has 0 atom stereocenters. The number of hydrogen-bond donors (Lipinski definition) is 0. The Morgan fingerprint density at radius 3 is 2.15 bits per heavy atom. The highest BCUT2D eigenvalue weighted by Crippen LogP contribution is 2.29. The maximum Gasteiger partial charge on any atom is 0.352 e. The molecule has 4 aromatic carbocycles. The number of para-hydroxylation sites is 1. The molecular weight excluding hydrogens is 508 g/mol. The maximum atomic E-state index is 15.0. The number of methoxy groups -OCH3 is 1. The van der Waals surface area contributed by atoms with Crippen LogP contribution in [0.3, 0.4) is 0 Å². The number of allylic oxidation sites excluding steroid dienone is 1. The number of aliphatic imine (C=N–C) groups is 1. The Hall–Kier alpha value is -4.71. The Morgan fingerprint density at radius 1 is 0.825 bits per heavy atom. The van der Waals surface area contributed by atoms with E-state index < -0.39 is 17.6 Å². The molecule has 0 N–H and O–H groups in total. The number of benzene rings is 4. The molecule has 0 aliphatic carbocycles. The average Bonchev–Trinajstić information content (AvgIpc) is 2.97. The van der Waals surface area contributed by atoms with Crippen LogP contribution < -0.4 is 0 Å². The molecule has 4 nitrogen and oxygen atoms in total. The Morgan fingerprint density at radius 2 is 1.50 bits per heavy atom. The van der Waals surface area contributed by atoms with Gasteiger partial charge in [0.1, 0.15) is 17.3 Å². The van der Waals surface area contributed by atoms with Crippen LogP contribution in [0.15, 0.2) is 108 Å². The third-order valence-electron chi connectivity index (χ3n) is 6.47. The van der Waals surface area contributed by atoms with Crippen molar-refractivity contribution in [1.29, 1.82) is 0 Å². The van der Waals surface area contributed by atoms with Crippen molar-refractivity contribution in [3.05, 3.63) is 143 Å². The molecule has 0 saturated carbocycles. The average molecular weight is 538 g/mol. The van der Waals surface area contributed by atoms with Crippen molar-refractivity contribution >= 4 is 28.7 Å². The highest BCUT2D eigenvalue weighted by atomic mass is 19.1. The van der Waals surface area contributed by atoms with Crippen molar-refractivity contribution in [2.75, 3.05) is 7.11 Å². The van der Waals surface area contributed by atoms with Crippen LogP contribution >= 0.6 is 0 Å². The Balaban J connectivity index is 1.79. The van der Waals surface area contributed by atoms with Gasteiger partial charge in [-0.05, 0) is 46.9 Å². The first-order valence-electron chi connectivity index (χ1n) is 12.9. The minimum atomic E-state index is -0.727. The van der Waals surface area contributed by atoms with Gasteiger partial charge in [0, 0.05) is 29.2 Å². The summed E-state index contributed by atoms with van der Waals surface area (Å²) < 4.78 is 33.7. The van der Waals surface area contributed by atoms with Crippen LogP contribution in [0, 0.1) is 11.6 Å². The summed E-state index contributed by atoms with van der Waals surface area (Å²) in [5, 5.41) is 0. The van der Waals surface area contributed by atoms with E-state index in [0.29, 0.717) is 33.9 Å². The molecule has 0 aliphatic rings. The first-order valence-corrected chi connectivity index (χ1v) is 12.9. The van der Waals surface area contributed by atoms with E-state index in [0.717, 1.165) is 11.6 Å². The van der Waals surface area contributed by atoms with Crippen LogP contribution in [0.2, 0.25) is 0 Å². The second kappa shape index (κ2) is 12.9. The van der Waals surface area contributed by atoms with Gasteiger partial charge >= 0.3 is 5.97 Å². The van der Waals surface area contributed by atoms with E-state index in [1.807, 2.05) is 30.3 Å². The fraction of sp³-hybridized carbons (Fsp3) is 0.147. The molecule has 4 rings (SSSR count). The van der Waals surface area contributed by atoms with Gasteiger partial charge in [-0.3, -0.25) is 4.79 Å². The number of rotatable bonds is 9. The number of carbonyl (C=O) groups excluding carboxylic acids is 2. The maximum absolute atomic E-state index is 15.0. The zero-order valence-electron chi connectivity index (χ0n) is 22.5. The van der Waals surface area contributed by atoms with Gasteiger partial charge in [0.05, 0.1) is 12.8 Å². The Bertz CT molecular complexity index is 1570. The SMILES string of the molecule is COC(=O)C(CC=C(c1ccc(C(C)C)cc1)c1ccc(F)cc1F)=Nc1ccccc1C(=O)c1ccccc1. The molecule has 0 aromatic heterocycles. The summed E-state index contributed by atoms with van der Waals surface area (Å²) in [5.41, 5.74) is 3.60. The topological polar surface area (TPSA) is 55.7 Å². The van der Waals surface area contributed by atoms with Gasteiger partial charge in [-0.15, -0.1) is 0 Å². The molecule has 40 heavy (non-hydrogen) atoms. The minimum Gasteiger partial charge on any atom is -0.465 e. The molecule has 0 amide bonds. The molecule has 0 bridgehead atoms. The predicted molar refractivity (Wildman–Crippen MR) is 154 cm³/mol. The lowest BCUT2D eigenvalue weighted by molar-refractivity contribution is -0.132. The number of carbonyl (C=O) groups is 2. The fourth-order valence-electron chi connectivity index (χ4n) is 4.28. The van der Waals surface area contributed by atoms with E-state index >= 15 is 0 Å². The number of hydrogen-bond acceptors (Lipinski definition) is 4. The van der Waals surface area contributed by atoms with Crippen molar-refractivity contribution in [3.8, 4) is 0 Å². The molecule has 0 aliphatic heterocycles. The number of nitrogens with zero attached hydrogens (tertiary/aromatic N) is 1. The number of halogens is 2. The molecule has 6 heteroatoms.